The lowest BCUT2D eigenvalue weighted by molar-refractivity contribution is 0.135. The molecule has 0 atom stereocenters. The summed E-state index contributed by atoms with van der Waals surface area (Å²) in [7, 11) is 2.00. The molecule has 4 aliphatic rings. The normalized spacial score (nSPS) is 20.7. The first kappa shape index (κ1) is 22.8. The Morgan fingerprint density at radius 2 is 2.03 bits per heavy atom. The molecule has 10 heteroatoms. The first-order valence-corrected chi connectivity index (χ1v) is 13.7. The molecule has 5 heterocycles. The van der Waals surface area contributed by atoms with E-state index in [9.17, 15) is 0 Å². The Bertz CT molecular complexity index is 1320. The van der Waals surface area contributed by atoms with Crippen LogP contribution in [0.5, 0.6) is 0 Å². The number of hydrogen-bond donors (Lipinski definition) is 1. The van der Waals surface area contributed by atoms with Gasteiger partial charge in [-0.05, 0) is 62.3 Å². The highest BCUT2D eigenvalue weighted by Gasteiger charge is 2.42. The average Bonchev–Trinajstić information content (AvgIpc) is 3.33. The summed E-state index contributed by atoms with van der Waals surface area (Å²) in [5, 5.41) is 1.66. The molecule has 1 fully saturated rings. The van der Waals surface area contributed by atoms with Gasteiger partial charge in [0.05, 0.1) is 20.6 Å². The fraction of sp³-hybridized carbons (Fsp3) is 0.360. The van der Waals surface area contributed by atoms with Crippen molar-refractivity contribution in [3.63, 3.8) is 0 Å². The maximum Gasteiger partial charge on any atom is 0.147 e. The van der Waals surface area contributed by atoms with E-state index in [2.05, 4.69) is 16.8 Å². The summed E-state index contributed by atoms with van der Waals surface area (Å²) in [5.41, 5.74) is 7.60. The van der Waals surface area contributed by atoms with Crippen LogP contribution in [0.15, 0.2) is 61.9 Å². The Kier molecular flexibility index (Phi) is 5.74. The summed E-state index contributed by atoms with van der Waals surface area (Å²) in [6.07, 6.45) is 14.3. The number of amidine groups is 1. The van der Waals surface area contributed by atoms with Gasteiger partial charge >= 0.3 is 0 Å². The first-order chi connectivity index (χ1) is 16.9. The second kappa shape index (κ2) is 8.80. The highest BCUT2D eigenvalue weighted by atomic mass is 35.5. The number of halogens is 1. The van der Waals surface area contributed by atoms with Crippen molar-refractivity contribution in [2.75, 3.05) is 25.9 Å². The molecule has 35 heavy (non-hydrogen) atoms. The smallest absolute Gasteiger partial charge is 0.147 e. The number of aromatic nitrogens is 2. The molecule has 1 aliphatic carbocycles. The molecule has 0 radical (unpaired) electrons. The predicted octanol–water partition coefficient (Wildman–Crippen LogP) is 5.05. The number of piperidine rings is 1. The van der Waals surface area contributed by atoms with Crippen LogP contribution < -0.4 is 5.73 Å². The molecular formula is C25H26ClN7S2. The zero-order chi connectivity index (χ0) is 24.2. The fourth-order valence-electron chi connectivity index (χ4n) is 5.21. The molecule has 7 nitrogen and oxygen atoms in total. The van der Waals surface area contributed by atoms with Crippen LogP contribution in [0.3, 0.4) is 0 Å². The Hall–Kier alpha value is -2.62. The van der Waals surface area contributed by atoms with Gasteiger partial charge in [-0.2, -0.15) is 0 Å². The van der Waals surface area contributed by atoms with Gasteiger partial charge in [0.15, 0.2) is 0 Å². The Labute approximate surface area is 218 Å². The number of rotatable bonds is 3. The number of aliphatic imine (C=N–C) groups is 2. The van der Waals surface area contributed by atoms with Crippen LogP contribution >= 0.6 is 34.7 Å². The maximum absolute atomic E-state index is 6.37. The number of nitrogens with zero attached hydrogens (tertiary/aromatic N) is 6. The van der Waals surface area contributed by atoms with Crippen molar-refractivity contribution in [2.45, 2.75) is 37.5 Å². The molecule has 6 rings (SSSR count). The lowest BCUT2D eigenvalue weighted by atomic mass is 9.76. The summed E-state index contributed by atoms with van der Waals surface area (Å²) in [5.74, 6) is 3.00. The molecule has 1 spiro atoms. The van der Waals surface area contributed by atoms with Gasteiger partial charge in [0.25, 0.3) is 0 Å². The Morgan fingerprint density at radius 3 is 2.83 bits per heavy atom. The fourth-order valence-corrected chi connectivity index (χ4v) is 7.54. The van der Waals surface area contributed by atoms with Crippen molar-refractivity contribution in [1.29, 1.82) is 0 Å². The average molecular weight is 524 g/mol. The molecule has 2 aromatic heterocycles. The first-order valence-electron chi connectivity index (χ1n) is 11.7. The molecule has 2 N–H and O–H groups in total. The van der Waals surface area contributed by atoms with Gasteiger partial charge in [0.2, 0.25) is 0 Å². The lowest BCUT2D eigenvalue weighted by Crippen LogP contribution is -2.40. The summed E-state index contributed by atoms with van der Waals surface area (Å²) in [6.45, 7) is 4.12. The molecule has 2 aromatic rings. The minimum Gasteiger partial charge on any atom is -0.382 e. The Balaban J connectivity index is 1.20. The van der Waals surface area contributed by atoms with E-state index < -0.39 is 0 Å². The highest BCUT2D eigenvalue weighted by molar-refractivity contribution is 8.03. The van der Waals surface area contributed by atoms with E-state index in [4.69, 9.17) is 32.3 Å². The zero-order valence-corrected chi connectivity index (χ0v) is 22.1. The van der Waals surface area contributed by atoms with Gasteiger partial charge in [-0.1, -0.05) is 23.4 Å². The largest absolute Gasteiger partial charge is 0.382 e. The number of pyridine rings is 1. The van der Waals surface area contributed by atoms with Crippen LogP contribution in [0.1, 0.15) is 28.4 Å². The Morgan fingerprint density at radius 1 is 1.20 bits per heavy atom. The van der Waals surface area contributed by atoms with Crippen molar-refractivity contribution in [3.8, 4) is 0 Å². The highest BCUT2D eigenvalue weighted by Crippen LogP contribution is 2.47. The maximum atomic E-state index is 6.37. The van der Waals surface area contributed by atoms with Crippen LogP contribution in [0, 0.1) is 12.3 Å². The summed E-state index contributed by atoms with van der Waals surface area (Å²) >= 11 is 9.77. The van der Waals surface area contributed by atoms with E-state index in [0.717, 1.165) is 46.8 Å². The van der Waals surface area contributed by atoms with Crippen molar-refractivity contribution in [3.05, 3.63) is 67.6 Å². The molecule has 0 saturated carbocycles. The van der Waals surface area contributed by atoms with Gasteiger partial charge in [-0.25, -0.2) is 20.0 Å². The number of likely N-dealkylation sites (tertiary alicyclic amines) is 1. The van der Waals surface area contributed by atoms with Crippen molar-refractivity contribution < 1.29 is 0 Å². The predicted molar refractivity (Wildman–Crippen MR) is 145 cm³/mol. The van der Waals surface area contributed by atoms with Gasteiger partial charge in [0.1, 0.15) is 23.3 Å². The standard InChI is InChI=1S/C25H26ClN7S2/c1-15-30-16-13-25(14-19(16)34-15)7-11-33(12-8-25)21-6-10-29-24-18(3-4-20(31-21)32(24)2)35-17-5-9-28-23(27)22(17)26/h3-6,9-10H,7-8,11-14H2,1-2H3,(H2,27,28). The van der Waals surface area contributed by atoms with E-state index in [-0.39, 0.29) is 0 Å². The number of nitrogens with two attached hydrogens (primary N) is 1. The molecular weight excluding hydrogens is 498 g/mol. The minimum atomic E-state index is 0.328. The molecule has 1 saturated heterocycles. The van der Waals surface area contributed by atoms with E-state index >= 15 is 0 Å². The molecule has 180 valence electrons. The van der Waals surface area contributed by atoms with E-state index in [1.807, 2.05) is 53.8 Å². The summed E-state index contributed by atoms with van der Waals surface area (Å²) in [6, 6.07) is 1.86. The number of hydrogen-bond acceptors (Lipinski definition) is 9. The third kappa shape index (κ3) is 4.19. The van der Waals surface area contributed by atoms with Crippen LogP contribution in [-0.4, -0.2) is 52.0 Å². The number of anilines is 1. The number of nitrogen functional groups attached to an aromatic ring is 1. The number of allylic oxidation sites excluding steroid dienone is 2. The topological polar surface area (TPSA) is 83.0 Å². The van der Waals surface area contributed by atoms with E-state index in [1.165, 1.54) is 46.6 Å². The number of fused-ring (bicyclic) bond motifs is 3. The lowest BCUT2D eigenvalue weighted by Gasteiger charge is -2.40. The third-order valence-electron chi connectivity index (χ3n) is 7.13. The van der Waals surface area contributed by atoms with Gasteiger partial charge in [-0.3, -0.25) is 0 Å². The van der Waals surface area contributed by atoms with Crippen molar-refractivity contribution >= 4 is 52.6 Å². The SMILES string of the molecule is Cc1nc2c(s1)CC1(CCN(C3=CC=NC4=C(Sc5ccnc(N)c5Cl)C=CC(=N3)N4C)CC1)C2. The number of thioether (sulfide) groups is 1. The summed E-state index contributed by atoms with van der Waals surface area (Å²) < 4.78 is 0. The van der Waals surface area contributed by atoms with Gasteiger partial charge < -0.3 is 15.5 Å². The number of likely N-dealkylation sites (N-methyl/N-ethyl adjacent to an activating group) is 1. The zero-order valence-electron chi connectivity index (χ0n) is 19.7. The van der Waals surface area contributed by atoms with Gasteiger partial charge in [0, 0.05) is 42.3 Å². The van der Waals surface area contributed by atoms with Gasteiger partial charge in [-0.15, -0.1) is 11.3 Å². The molecule has 2 bridgehead atoms. The van der Waals surface area contributed by atoms with Crippen molar-refractivity contribution in [2.24, 2.45) is 15.4 Å². The van der Waals surface area contributed by atoms with Crippen LogP contribution in [-0.2, 0) is 12.8 Å². The second-order valence-corrected chi connectivity index (χ2v) is 12.2. The quantitative estimate of drug-likeness (QED) is 0.606. The molecule has 0 unspecified atom stereocenters. The third-order valence-corrected chi connectivity index (χ3v) is 9.75. The van der Waals surface area contributed by atoms with Crippen LogP contribution in [0.25, 0.3) is 0 Å². The second-order valence-electron chi connectivity index (χ2n) is 9.41. The summed E-state index contributed by atoms with van der Waals surface area (Å²) in [4.78, 5) is 26.4. The van der Waals surface area contributed by atoms with E-state index in [1.54, 1.807) is 6.20 Å². The molecule has 0 amide bonds. The number of aryl methyl sites for hydroxylation is 1. The van der Waals surface area contributed by atoms with Crippen LogP contribution in [0.2, 0.25) is 5.02 Å². The van der Waals surface area contributed by atoms with Crippen LogP contribution in [0.4, 0.5) is 5.82 Å². The monoisotopic (exact) mass is 523 g/mol. The molecule has 0 aromatic carbocycles. The van der Waals surface area contributed by atoms with Crippen molar-refractivity contribution in [1.82, 2.24) is 19.8 Å². The molecule has 3 aliphatic heterocycles. The van der Waals surface area contributed by atoms with E-state index in [0.29, 0.717) is 16.3 Å². The number of thiazole rings is 1. The minimum absolute atomic E-state index is 0.328.